The molecule has 0 atom stereocenters. The van der Waals surface area contributed by atoms with Gasteiger partial charge in [0.2, 0.25) is 0 Å². The number of hydrogen-bond acceptors (Lipinski definition) is 4. The maximum Gasteiger partial charge on any atom is 0.270 e. The lowest BCUT2D eigenvalue weighted by atomic mass is 10.2. The quantitative estimate of drug-likeness (QED) is 0.621. The number of halogens is 1. The molecule has 0 N–H and O–H groups in total. The van der Waals surface area contributed by atoms with E-state index in [4.69, 9.17) is 9.47 Å². The predicted octanol–water partition coefficient (Wildman–Crippen LogP) is 3.32. The van der Waals surface area contributed by atoms with Crippen LogP contribution in [0.4, 0.5) is 10.1 Å². The Hall–Kier alpha value is -2.63. The molecule has 0 saturated heterocycles. The average Bonchev–Trinajstić information content (AvgIpc) is 2.46. The topological polar surface area (TPSA) is 61.6 Å². The molecule has 0 unspecified atom stereocenters. The molecule has 0 radical (unpaired) electrons. The first-order valence-corrected chi connectivity index (χ1v) is 5.80. The van der Waals surface area contributed by atoms with Crippen molar-refractivity contribution in [2.75, 3.05) is 7.11 Å². The number of rotatable bonds is 5. The van der Waals surface area contributed by atoms with E-state index >= 15 is 0 Å². The van der Waals surface area contributed by atoms with Gasteiger partial charge >= 0.3 is 0 Å². The van der Waals surface area contributed by atoms with Gasteiger partial charge < -0.3 is 9.47 Å². The van der Waals surface area contributed by atoms with Crippen molar-refractivity contribution in [3.63, 3.8) is 0 Å². The molecule has 0 aliphatic rings. The van der Waals surface area contributed by atoms with Crippen molar-refractivity contribution in [1.29, 1.82) is 0 Å². The second kappa shape index (κ2) is 6.01. The summed E-state index contributed by atoms with van der Waals surface area (Å²) in [6, 6.07) is 9.79. The highest BCUT2D eigenvalue weighted by molar-refractivity contribution is 5.43. The zero-order valence-electron chi connectivity index (χ0n) is 10.7. The van der Waals surface area contributed by atoms with Crippen LogP contribution in [0, 0.1) is 15.9 Å². The van der Waals surface area contributed by atoms with Crippen LogP contribution in [0.1, 0.15) is 5.56 Å². The first-order valence-electron chi connectivity index (χ1n) is 5.80. The third-order valence-corrected chi connectivity index (χ3v) is 2.68. The van der Waals surface area contributed by atoms with Gasteiger partial charge in [-0.2, -0.15) is 0 Å². The fourth-order valence-corrected chi connectivity index (χ4v) is 1.68. The number of nitro groups is 1. The van der Waals surface area contributed by atoms with Gasteiger partial charge in [-0.1, -0.05) is 0 Å². The van der Waals surface area contributed by atoms with Crippen LogP contribution in [0.25, 0.3) is 0 Å². The van der Waals surface area contributed by atoms with Crippen molar-refractivity contribution < 1.29 is 18.8 Å². The van der Waals surface area contributed by atoms with E-state index in [2.05, 4.69) is 0 Å². The lowest BCUT2D eigenvalue weighted by molar-refractivity contribution is -0.385. The highest BCUT2D eigenvalue weighted by Gasteiger charge is 2.11. The summed E-state index contributed by atoms with van der Waals surface area (Å²) < 4.78 is 23.3. The summed E-state index contributed by atoms with van der Waals surface area (Å²) in [6.45, 7) is 0.0937. The van der Waals surface area contributed by atoms with E-state index in [0.29, 0.717) is 17.1 Å². The number of ether oxygens (including phenoxy) is 2. The van der Waals surface area contributed by atoms with Crippen molar-refractivity contribution in [2.24, 2.45) is 0 Å². The lowest BCUT2D eigenvalue weighted by Gasteiger charge is -2.10. The summed E-state index contributed by atoms with van der Waals surface area (Å²) in [4.78, 5) is 10.3. The van der Waals surface area contributed by atoms with Gasteiger partial charge in [0, 0.05) is 17.7 Å². The molecule has 0 aliphatic carbocycles. The van der Waals surface area contributed by atoms with Crippen LogP contribution in [-0.4, -0.2) is 12.0 Å². The van der Waals surface area contributed by atoms with Gasteiger partial charge in [-0.05, 0) is 30.3 Å². The van der Waals surface area contributed by atoms with E-state index in [1.165, 1.54) is 49.6 Å². The van der Waals surface area contributed by atoms with Crippen LogP contribution in [-0.2, 0) is 6.61 Å². The van der Waals surface area contributed by atoms with Crippen LogP contribution in [0.3, 0.4) is 0 Å². The van der Waals surface area contributed by atoms with E-state index in [1.807, 2.05) is 0 Å². The highest BCUT2D eigenvalue weighted by Crippen LogP contribution is 2.25. The van der Waals surface area contributed by atoms with E-state index in [9.17, 15) is 14.5 Å². The minimum absolute atomic E-state index is 0.0384. The Kier molecular flexibility index (Phi) is 4.14. The van der Waals surface area contributed by atoms with Crippen molar-refractivity contribution in [2.45, 2.75) is 6.61 Å². The Bertz CT molecular complexity index is 613. The van der Waals surface area contributed by atoms with Gasteiger partial charge in [-0.25, -0.2) is 4.39 Å². The number of nitrogens with zero attached hydrogens (tertiary/aromatic N) is 1. The minimum Gasteiger partial charge on any atom is -0.496 e. The molecule has 2 aromatic carbocycles. The Morgan fingerprint density at radius 3 is 2.50 bits per heavy atom. The number of non-ortho nitro benzene ring substituents is 1. The fourth-order valence-electron chi connectivity index (χ4n) is 1.68. The second-order valence-electron chi connectivity index (χ2n) is 4.00. The summed E-state index contributed by atoms with van der Waals surface area (Å²) in [5.74, 6) is 0.614. The van der Waals surface area contributed by atoms with Crippen molar-refractivity contribution in [3.8, 4) is 11.5 Å². The number of benzene rings is 2. The molecule has 0 amide bonds. The largest absolute Gasteiger partial charge is 0.496 e. The van der Waals surface area contributed by atoms with Gasteiger partial charge in [0.25, 0.3) is 5.69 Å². The molecule has 0 aliphatic heterocycles. The smallest absolute Gasteiger partial charge is 0.270 e. The summed E-state index contributed by atoms with van der Waals surface area (Å²) in [5, 5.41) is 10.7. The van der Waals surface area contributed by atoms with E-state index in [1.54, 1.807) is 0 Å². The van der Waals surface area contributed by atoms with Gasteiger partial charge in [-0.3, -0.25) is 10.1 Å². The Balaban J connectivity index is 2.16. The molecule has 0 fully saturated rings. The minimum atomic E-state index is -0.485. The molecule has 0 aromatic heterocycles. The zero-order chi connectivity index (χ0) is 14.5. The predicted molar refractivity (Wildman–Crippen MR) is 70.4 cm³/mol. The number of methoxy groups -OCH3 is 1. The SMILES string of the molecule is COc1ccc([N+](=O)[O-])cc1COc1ccc(F)cc1. The average molecular weight is 277 g/mol. The maximum absolute atomic E-state index is 12.8. The van der Waals surface area contributed by atoms with Crippen molar-refractivity contribution in [3.05, 3.63) is 64.0 Å². The summed E-state index contributed by atoms with van der Waals surface area (Å²) in [7, 11) is 1.47. The summed E-state index contributed by atoms with van der Waals surface area (Å²) in [6.07, 6.45) is 0. The van der Waals surface area contributed by atoms with Crippen LogP contribution in [0.2, 0.25) is 0 Å². The first kappa shape index (κ1) is 13.8. The fraction of sp³-hybridized carbons (Fsp3) is 0.143. The zero-order valence-corrected chi connectivity index (χ0v) is 10.7. The molecule has 2 rings (SSSR count). The second-order valence-corrected chi connectivity index (χ2v) is 4.00. The van der Waals surface area contributed by atoms with Crippen molar-refractivity contribution >= 4 is 5.69 Å². The Labute approximate surface area is 114 Å². The standard InChI is InChI=1S/C14H12FNO4/c1-19-14-7-4-12(16(17)18)8-10(14)9-20-13-5-2-11(15)3-6-13/h2-8H,9H2,1H3. The number of hydrogen-bond donors (Lipinski definition) is 0. The van der Waals surface area contributed by atoms with E-state index in [-0.39, 0.29) is 18.1 Å². The summed E-state index contributed by atoms with van der Waals surface area (Å²) >= 11 is 0. The van der Waals surface area contributed by atoms with Gasteiger partial charge in [0.15, 0.2) is 0 Å². The Morgan fingerprint density at radius 2 is 1.90 bits per heavy atom. The molecule has 0 saturated carbocycles. The van der Waals surface area contributed by atoms with Gasteiger partial charge in [-0.15, -0.1) is 0 Å². The first-order chi connectivity index (χ1) is 9.60. The molecule has 0 heterocycles. The Morgan fingerprint density at radius 1 is 1.20 bits per heavy atom. The van der Waals surface area contributed by atoms with E-state index < -0.39 is 4.92 Å². The normalized spacial score (nSPS) is 10.1. The molecular weight excluding hydrogens is 265 g/mol. The molecule has 104 valence electrons. The van der Waals surface area contributed by atoms with Gasteiger partial charge in [0.05, 0.1) is 12.0 Å². The van der Waals surface area contributed by atoms with Crippen LogP contribution in [0.15, 0.2) is 42.5 Å². The number of nitro benzene ring substituents is 1. The van der Waals surface area contributed by atoms with Crippen LogP contribution in [0.5, 0.6) is 11.5 Å². The third kappa shape index (κ3) is 3.23. The van der Waals surface area contributed by atoms with Crippen molar-refractivity contribution in [1.82, 2.24) is 0 Å². The third-order valence-electron chi connectivity index (χ3n) is 2.68. The molecular formula is C14H12FNO4. The molecule has 2 aromatic rings. The lowest BCUT2D eigenvalue weighted by Crippen LogP contribution is -2.00. The molecule has 0 bridgehead atoms. The monoisotopic (exact) mass is 277 g/mol. The van der Waals surface area contributed by atoms with Crippen LogP contribution >= 0.6 is 0 Å². The molecule has 5 nitrogen and oxygen atoms in total. The van der Waals surface area contributed by atoms with Crippen LogP contribution < -0.4 is 9.47 Å². The summed E-state index contributed by atoms with van der Waals surface area (Å²) in [5.41, 5.74) is 0.509. The van der Waals surface area contributed by atoms with E-state index in [0.717, 1.165) is 0 Å². The molecule has 6 heteroatoms. The molecule has 20 heavy (non-hydrogen) atoms. The molecule has 0 spiro atoms. The highest BCUT2D eigenvalue weighted by atomic mass is 19.1. The van der Waals surface area contributed by atoms with Gasteiger partial charge in [0.1, 0.15) is 23.9 Å². The maximum atomic E-state index is 12.8.